The standard InChI is InChI=1S/C22H26ClFN2O2/c1-3-4-13-25-22(28)16(2)26(15-18-7-5-6-8-20(18)24)21(27)14-17-9-11-19(23)12-10-17/h5-12,16H,3-4,13-15H2,1-2H3,(H,25,28)/t16-/m0/s1. The van der Waals surface area contributed by atoms with Crippen LogP contribution in [0.3, 0.4) is 0 Å². The van der Waals surface area contributed by atoms with Gasteiger partial charge in [-0.25, -0.2) is 4.39 Å². The van der Waals surface area contributed by atoms with E-state index in [1.807, 2.05) is 6.92 Å². The summed E-state index contributed by atoms with van der Waals surface area (Å²) in [7, 11) is 0. The third kappa shape index (κ3) is 6.34. The van der Waals surface area contributed by atoms with Crippen molar-refractivity contribution in [2.45, 2.75) is 45.7 Å². The van der Waals surface area contributed by atoms with Gasteiger partial charge in [0, 0.05) is 23.7 Å². The molecule has 0 unspecified atom stereocenters. The molecule has 2 rings (SSSR count). The molecule has 2 aromatic carbocycles. The van der Waals surface area contributed by atoms with E-state index in [4.69, 9.17) is 11.6 Å². The van der Waals surface area contributed by atoms with Gasteiger partial charge >= 0.3 is 0 Å². The van der Waals surface area contributed by atoms with Crippen LogP contribution in [-0.4, -0.2) is 29.3 Å². The molecule has 1 N–H and O–H groups in total. The van der Waals surface area contributed by atoms with E-state index < -0.39 is 11.9 Å². The fraction of sp³-hybridized carbons (Fsp3) is 0.364. The van der Waals surface area contributed by atoms with E-state index in [1.165, 1.54) is 11.0 Å². The maximum Gasteiger partial charge on any atom is 0.242 e. The van der Waals surface area contributed by atoms with Crippen molar-refractivity contribution < 1.29 is 14.0 Å². The maximum atomic E-state index is 14.1. The molecule has 0 aliphatic heterocycles. The van der Waals surface area contributed by atoms with Gasteiger partial charge in [0.2, 0.25) is 11.8 Å². The highest BCUT2D eigenvalue weighted by molar-refractivity contribution is 6.30. The number of carbonyl (C=O) groups is 2. The highest BCUT2D eigenvalue weighted by Crippen LogP contribution is 2.16. The van der Waals surface area contributed by atoms with Crippen LogP contribution in [-0.2, 0) is 22.6 Å². The smallest absolute Gasteiger partial charge is 0.242 e. The molecule has 0 aromatic heterocycles. The van der Waals surface area contributed by atoms with Crippen LogP contribution in [0.25, 0.3) is 0 Å². The predicted molar refractivity (Wildman–Crippen MR) is 109 cm³/mol. The summed E-state index contributed by atoms with van der Waals surface area (Å²) in [4.78, 5) is 26.9. The van der Waals surface area contributed by atoms with Crippen LogP contribution in [0.1, 0.15) is 37.8 Å². The summed E-state index contributed by atoms with van der Waals surface area (Å²) in [5.74, 6) is -0.886. The average molecular weight is 405 g/mol. The summed E-state index contributed by atoms with van der Waals surface area (Å²) in [6.45, 7) is 4.29. The molecule has 0 aliphatic carbocycles. The second kappa shape index (κ2) is 10.8. The molecule has 2 amide bonds. The van der Waals surface area contributed by atoms with Gasteiger partial charge in [-0.1, -0.05) is 55.3 Å². The minimum atomic E-state index is -0.712. The molecule has 4 nitrogen and oxygen atoms in total. The van der Waals surface area contributed by atoms with E-state index in [0.717, 1.165) is 18.4 Å². The number of nitrogens with one attached hydrogen (secondary N) is 1. The highest BCUT2D eigenvalue weighted by atomic mass is 35.5. The predicted octanol–water partition coefficient (Wildman–Crippen LogP) is 4.36. The summed E-state index contributed by atoms with van der Waals surface area (Å²) in [6, 6.07) is 12.5. The normalized spacial score (nSPS) is 11.7. The van der Waals surface area contributed by atoms with Crippen LogP contribution in [0.5, 0.6) is 0 Å². The van der Waals surface area contributed by atoms with Crippen LogP contribution < -0.4 is 5.32 Å². The van der Waals surface area contributed by atoms with Crippen LogP contribution in [0.15, 0.2) is 48.5 Å². The Morgan fingerprint density at radius 2 is 1.82 bits per heavy atom. The number of benzene rings is 2. The molecule has 0 saturated carbocycles. The number of unbranched alkanes of at least 4 members (excludes halogenated alkanes) is 1. The van der Waals surface area contributed by atoms with Crippen LogP contribution in [0, 0.1) is 5.82 Å². The van der Waals surface area contributed by atoms with Crippen molar-refractivity contribution in [2.24, 2.45) is 0 Å². The first kappa shape index (κ1) is 21.9. The first-order chi connectivity index (χ1) is 13.4. The van der Waals surface area contributed by atoms with E-state index in [9.17, 15) is 14.0 Å². The summed E-state index contributed by atoms with van der Waals surface area (Å²) in [5, 5.41) is 3.43. The highest BCUT2D eigenvalue weighted by Gasteiger charge is 2.26. The van der Waals surface area contributed by atoms with Crippen molar-refractivity contribution in [2.75, 3.05) is 6.54 Å². The molecule has 2 aromatic rings. The average Bonchev–Trinajstić information content (AvgIpc) is 2.68. The quantitative estimate of drug-likeness (QED) is 0.631. The van der Waals surface area contributed by atoms with Gasteiger partial charge in [0.1, 0.15) is 11.9 Å². The third-order valence-corrected chi connectivity index (χ3v) is 4.82. The van der Waals surface area contributed by atoms with E-state index >= 15 is 0 Å². The minimum absolute atomic E-state index is 0.0292. The van der Waals surface area contributed by atoms with E-state index in [1.54, 1.807) is 49.4 Å². The lowest BCUT2D eigenvalue weighted by molar-refractivity contribution is -0.140. The number of amides is 2. The van der Waals surface area contributed by atoms with Crippen molar-refractivity contribution in [3.05, 3.63) is 70.5 Å². The summed E-state index contributed by atoms with van der Waals surface area (Å²) in [6.07, 6.45) is 1.94. The SMILES string of the molecule is CCCCNC(=O)[C@H](C)N(Cc1ccccc1F)C(=O)Cc1ccc(Cl)cc1. The summed E-state index contributed by atoms with van der Waals surface area (Å²) in [5.41, 5.74) is 1.16. The second-order valence-electron chi connectivity index (χ2n) is 6.74. The van der Waals surface area contributed by atoms with Gasteiger partial charge in [-0.05, 0) is 37.1 Å². The number of carbonyl (C=O) groups excluding carboxylic acids is 2. The lowest BCUT2D eigenvalue weighted by Crippen LogP contribution is -2.48. The van der Waals surface area contributed by atoms with Crippen molar-refractivity contribution in [1.29, 1.82) is 0 Å². The molecule has 1 atom stereocenters. The monoisotopic (exact) mass is 404 g/mol. The third-order valence-electron chi connectivity index (χ3n) is 4.56. The summed E-state index contributed by atoms with van der Waals surface area (Å²) < 4.78 is 14.1. The van der Waals surface area contributed by atoms with Crippen LogP contribution in [0.2, 0.25) is 5.02 Å². The first-order valence-corrected chi connectivity index (χ1v) is 9.85. The molecular formula is C22H26ClFN2O2. The van der Waals surface area contributed by atoms with Gasteiger partial charge in [0.05, 0.1) is 6.42 Å². The Balaban J connectivity index is 2.19. The summed E-state index contributed by atoms with van der Waals surface area (Å²) >= 11 is 5.90. The van der Waals surface area contributed by atoms with Crippen molar-refractivity contribution >= 4 is 23.4 Å². The largest absolute Gasteiger partial charge is 0.354 e. The van der Waals surface area contributed by atoms with Gasteiger partial charge in [0.25, 0.3) is 0 Å². The Bertz CT molecular complexity index is 795. The number of hydrogen-bond acceptors (Lipinski definition) is 2. The fourth-order valence-electron chi connectivity index (χ4n) is 2.81. The Morgan fingerprint density at radius 1 is 1.14 bits per heavy atom. The molecule has 150 valence electrons. The Hall–Kier alpha value is -2.40. The van der Waals surface area contributed by atoms with Gasteiger partial charge in [-0.15, -0.1) is 0 Å². The van der Waals surface area contributed by atoms with Crippen molar-refractivity contribution in [3.63, 3.8) is 0 Å². The zero-order valence-corrected chi connectivity index (χ0v) is 17.0. The minimum Gasteiger partial charge on any atom is -0.354 e. The molecule has 0 heterocycles. The van der Waals surface area contributed by atoms with E-state index in [-0.39, 0.29) is 24.8 Å². The molecule has 0 aliphatic rings. The first-order valence-electron chi connectivity index (χ1n) is 9.47. The molecule has 0 spiro atoms. The second-order valence-corrected chi connectivity index (χ2v) is 7.17. The molecular weight excluding hydrogens is 379 g/mol. The number of rotatable bonds is 9. The molecule has 0 bridgehead atoms. The lowest BCUT2D eigenvalue weighted by Gasteiger charge is -2.29. The van der Waals surface area contributed by atoms with Gasteiger partial charge in [-0.3, -0.25) is 9.59 Å². The van der Waals surface area contributed by atoms with Crippen molar-refractivity contribution in [3.8, 4) is 0 Å². The lowest BCUT2D eigenvalue weighted by atomic mass is 10.1. The zero-order valence-electron chi connectivity index (χ0n) is 16.3. The zero-order chi connectivity index (χ0) is 20.5. The van der Waals surface area contributed by atoms with Gasteiger partial charge < -0.3 is 10.2 Å². The Kier molecular flexibility index (Phi) is 8.45. The Morgan fingerprint density at radius 3 is 2.46 bits per heavy atom. The van der Waals surface area contributed by atoms with E-state index in [2.05, 4.69) is 5.32 Å². The molecule has 28 heavy (non-hydrogen) atoms. The van der Waals surface area contributed by atoms with Crippen molar-refractivity contribution in [1.82, 2.24) is 10.2 Å². The fourth-order valence-corrected chi connectivity index (χ4v) is 2.93. The van der Waals surface area contributed by atoms with E-state index in [0.29, 0.717) is 17.1 Å². The molecule has 0 radical (unpaired) electrons. The van der Waals surface area contributed by atoms with Crippen LogP contribution in [0.4, 0.5) is 4.39 Å². The number of halogens is 2. The Labute approximate surface area is 170 Å². The topological polar surface area (TPSA) is 49.4 Å². The van der Waals surface area contributed by atoms with Crippen LogP contribution >= 0.6 is 11.6 Å². The molecule has 6 heteroatoms. The van der Waals surface area contributed by atoms with Gasteiger partial charge in [0.15, 0.2) is 0 Å². The maximum absolute atomic E-state index is 14.1. The number of nitrogens with zero attached hydrogens (tertiary/aromatic N) is 1. The number of hydrogen-bond donors (Lipinski definition) is 1. The molecule has 0 fully saturated rings. The molecule has 0 saturated heterocycles. The van der Waals surface area contributed by atoms with Gasteiger partial charge in [-0.2, -0.15) is 0 Å².